The maximum absolute atomic E-state index is 5.85. The van der Waals surface area contributed by atoms with Crippen LogP contribution in [0, 0.1) is 34.6 Å². The Labute approximate surface area is 102 Å². The summed E-state index contributed by atoms with van der Waals surface area (Å²) in [5.41, 5.74) is 8.01. The highest BCUT2D eigenvalue weighted by Gasteiger charge is 2.29. The Morgan fingerprint density at radius 3 is 2.35 bits per heavy atom. The van der Waals surface area contributed by atoms with Crippen LogP contribution in [0.2, 0.25) is 0 Å². The quantitative estimate of drug-likeness (QED) is 0.632. The van der Waals surface area contributed by atoms with Crippen LogP contribution in [0.4, 0.5) is 0 Å². The third-order valence-electron chi connectivity index (χ3n) is 4.24. The first kappa shape index (κ1) is 10.6. The zero-order valence-corrected chi connectivity index (χ0v) is 11.1. The van der Waals surface area contributed by atoms with Crippen molar-refractivity contribution in [2.75, 3.05) is 0 Å². The molecule has 0 bridgehead atoms. The van der Waals surface area contributed by atoms with Crippen molar-refractivity contribution in [2.24, 2.45) is 0 Å². The van der Waals surface area contributed by atoms with Gasteiger partial charge in [-0.2, -0.15) is 4.57 Å². The van der Waals surface area contributed by atoms with Crippen LogP contribution in [0.5, 0.6) is 5.75 Å². The van der Waals surface area contributed by atoms with Crippen LogP contribution in [0.25, 0.3) is 10.9 Å². The molecule has 0 radical (unpaired) electrons. The molecule has 2 heteroatoms. The highest BCUT2D eigenvalue weighted by atomic mass is 16.5. The second-order valence-electron chi connectivity index (χ2n) is 5.11. The summed E-state index contributed by atoms with van der Waals surface area (Å²) in [6, 6.07) is 0. The Balaban J connectivity index is 2.64. The molecule has 0 atom stereocenters. The van der Waals surface area contributed by atoms with Crippen molar-refractivity contribution in [3.05, 3.63) is 34.0 Å². The Bertz CT molecular complexity index is 656. The van der Waals surface area contributed by atoms with E-state index in [4.69, 9.17) is 4.74 Å². The topological polar surface area (TPSA) is 13.1 Å². The molecule has 0 N–H and O–H groups in total. The highest BCUT2D eigenvalue weighted by molar-refractivity contribution is 5.91. The van der Waals surface area contributed by atoms with Crippen LogP contribution in [0.3, 0.4) is 0 Å². The van der Waals surface area contributed by atoms with Crippen molar-refractivity contribution in [3.63, 3.8) is 0 Å². The summed E-state index contributed by atoms with van der Waals surface area (Å²) in [4.78, 5) is 0. The largest absolute Gasteiger partial charge is 0.429 e. The normalized spacial score (nSPS) is 13.2. The fourth-order valence-electron chi connectivity index (χ4n) is 2.85. The van der Waals surface area contributed by atoms with Crippen molar-refractivity contribution in [1.82, 2.24) is 0 Å². The smallest absolute Gasteiger partial charge is 0.293 e. The number of benzene rings is 1. The Morgan fingerprint density at radius 2 is 1.65 bits per heavy atom. The van der Waals surface area contributed by atoms with Gasteiger partial charge in [0.1, 0.15) is 0 Å². The number of ether oxygens (including phenoxy) is 1. The molecule has 0 spiro atoms. The second kappa shape index (κ2) is 3.22. The number of rotatable bonds is 0. The molecule has 0 saturated carbocycles. The van der Waals surface area contributed by atoms with Crippen LogP contribution in [-0.4, -0.2) is 0 Å². The monoisotopic (exact) mass is 228 g/mol. The summed E-state index contributed by atoms with van der Waals surface area (Å²) < 4.78 is 8.08. The molecule has 0 fully saturated rings. The molecule has 3 rings (SSSR count). The molecule has 0 unspecified atom stereocenters. The van der Waals surface area contributed by atoms with Crippen LogP contribution in [0.1, 0.15) is 27.8 Å². The minimum atomic E-state index is 0.649. The Morgan fingerprint density at radius 1 is 0.941 bits per heavy atom. The molecule has 88 valence electrons. The Kier molecular flexibility index (Phi) is 2.00. The summed E-state index contributed by atoms with van der Waals surface area (Å²) in [7, 11) is 0. The predicted molar refractivity (Wildman–Crippen MR) is 68.5 cm³/mol. The van der Waals surface area contributed by atoms with Crippen LogP contribution in [0.15, 0.2) is 6.20 Å². The number of aromatic nitrogens is 1. The molecular weight excluding hydrogens is 210 g/mol. The van der Waals surface area contributed by atoms with E-state index in [-0.39, 0.29) is 0 Å². The van der Waals surface area contributed by atoms with Crippen LogP contribution >= 0.6 is 0 Å². The first-order valence-electron chi connectivity index (χ1n) is 6.08. The lowest BCUT2D eigenvalue weighted by atomic mass is 9.94. The van der Waals surface area contributed by atoms with E-state index in [9.17, 15) is 0 Å². The van der Waals surface area contributed by atoms with Gasteiger partial charge in [0, 0.05) is 11.1 Å². The van der Waals surface area contributed by atoms with Crippen LogP contribution < -0.4 is 9.30 Å². The molecule has 2 nitrogen and oxygen atoms in total. The molecule has 2 heterocycles. The van der Waals surface area contributed by atoms with E-state index >= 15 is 0 Å². The van der Waals surface area contributed by atoms with Gasteiger partial charge < -0.3 is 4.74 Å². The van der Waals surface area contributed by atoms with E-state index in [1.54, 1.807) is 0 Å². The van der Waals surface area contributed by atoms with Gasteiger partial charge in [-0.15, -0.1) is 0 Å². The van der Waals surface area contributed by atoms with Crippen molar-refractivity contribution in [2.45, 2.75) is 41.3 Å². The Hall–Kier alpha value is -1.57. The summed E-state index contributed by atoms with van der Waals surface area (Å²) >= 11 is 0. The van der Waals surface area contributed by atoms with Gasteiger partial charge in [0.15, 0.2) is 6.20 Å². The molecular formula is C15H18NO+. The van der Waals surface area contributed by atoms with Gasteiger partial charge in [0.2, 0.25) is 5.75 Å². The molecule has 0 aliphatic carbocycles. The lowest BCUT2D eigenvalue weighted by Gasteiger charge is -2.11. The van der Waals surface area contributed by atoms with Gasteiger partial charge in [-0.3, -0.25) is 0 Å². The van der Waals surface area contributed by atoms with E-state index in [1.807, 2.05) is 0 Å². The highest BCUT2D eigenvalue weighted by Crippen LogP contribution is 2.37. The average Bonchev–Trinajstić information content (AvgIpc) is 2.70. The van der Waals surface area contributed by atoms with Crippen molar-refractivity contribution in [3.8, 4) is 5.75 Å². The first-order valence-corrected chi connectivity index (χ1v) is 6.08. The molecule has 1 aliphatic rings. The molecule has 0 amide bonds. The van der Waals surface area contributed by atoms with E-state index < -0.39 is 0 Å². The lowest BCUT2D eigenvalue weighted by molar-refractivity contribution is -0.689. The maximum atomic E-state index is 5.85. The number of nitrogens with zero attached hydrogens (tertiary/aromatic N) is 1. The minimum Gasteiger partial charge on any atom is -0.429 e. The van der Waals surface area contributed by atoms with Gasteiger partial charge in [-0.1, -0.05) is 0 Å². The number of aryl methyl sites for hydroxylation is 3. The fraction of sp³-hybridized carbons (Fsp3) is 0.400. The van der Waals surface area contributed by atoms with Crippen LogP contribution in [-0.2, 0) is 6.73 Å². The number of pyridine rings is 1. The molecule has 17 heavy (non-hydrogen) atoms. The molecule has 1 aromatic heterocycles. The SMILES string of the molecule is Cc1c[n+]2c3c(c(C)c(C)c(C)c3c1C)OC2. The summed E-state index contributed by atoms with van der Waals surface area (Å²) in [6.45, 7) is 11.6. The van der Waals surface area contributed by atoms with Gasteiger partial charge in [0.05, 0.1) is 5.39 Å². The molecule has 1 aromatic carbocycles. The van der Waals surface area contributed by atoms with Gasteiger partial charge in [0.25, 0.3) is 12.2 Å². The van der Waals surface area contributed by atoms with E-state index in [0.29, 0.717) is 6.73 Å². The van der Waals surface area contributed by atoms with E-state index in [0.717, 1.165) is 5.75 Å². The summed E-state index contributed by atoms with van der Waals surface area (Å²) in [6.07, 6.45) is 2.20. The summed E-state index contributed by atoms with van der Waals surface area (Å²) in [5, 5.41) is 1.38. The third kappa shape index (κ3) is 1.18. The fourth-order valence-corrected chi connectivity index (χ4v) is 2.85. The number of hydrogen-bond acceptors (Lipinski definition) is 1. The predicted octanol–water partition coefficient (Wildman–Crippen LogP) is 3.02. The standard InChI is InChI=1S/C15H18NO/c1-8-6-16-7-17-15-12(5)10(3)11(4)13(9(8)2)14(15)16/h6H,7H2,1-5H3/q+1. The van der Waals surface area contributed by atoms with Crippen molar-refractivity contribution in [1.29, 1.82) is 0 Å². The molecule has 1 aliphatic heterocycles. The second-order valence-corrected chi connectivity index (χ2v) is 5.11. The maximum Gasteiger partial charge on any atom is 0.293 e. The molecule has 0 saturated heterocycles. The molecule has 2 aromatic rings. The van der Waals surface area contributed by atoms with Crippen molar-refractivity contribution >= 4 is 10.9 Å². The van der Waals surface area contributed by atoms with Crippen molar-refractivity contribution < 1.29 is 9.30 Å². The average molecular weight is 228 g/mol. The lowest BCUT2D eigenvalue weighted by Crippen LogP contribution is -2.33. The summed E-state index contributed by atoms with van der Waals surface area (Å²) in [5.74, 6) is 1.08. The van der Waals surface area contributed by atoms with Gasteiger partial charge in [-0.25, -0.2) is 0 Å². The zero-order valence-electron chi connectivity index (χ0n) is 11.1. The first-order chi connectivity index (χ1) is 8.02. The number of hydrogen-bond donors (Lipinski definition) is 0. The van der Waals surface area contributed by atoms with E-state index in [1.165, 1.54) is 38.7 Å². The van der Waals surface area contributed by atoms with Gasteiger partial charge in [-0.05, 0) is 51.3 Å². The minimum absolute atomic E-state index is 0.649. The third-order valence-corrected chi connectivity index (χ3v) is 4.24. The van der Waals surface area contributed by atoms with Gasteiger partial charge >= 0.3 is 0 Å². The van der Waals surface area contributed by atoms with E-state index in [2.05, 4.69) is 45.4 Å². The zero-order chi connectivity index (χ0) is 12.3.